The highest BCUT2D eigenvalue weighted by molar-refractivity contribution is 5.99. The van der Waals surface area contributed by atoms with Gasteiger partial charge in [-0.1, -0.05) is 6.07 Å². The van der Waals surface area contributed by atoms with Crippen molar-refractivity contribution < 1.29 is 18.3 Å². The standard InChI is InChI=1S/C17H17F2N3O2/c1-11(15-8-12(18)6-7-16(15)19)21-22-17(23)10-20-13-4-3-5-14(9-13)24-2/h3-9,20H,10H2,1-2H3,(H,22,23)/b21-11-. The van der Waals surface area contributed by atoms with Crippen molar-refractivity contribution in [3.8, 4) is 5.75 Å². The first-order chi connectivity index (χ1) is 11.5. The van der Waals surface area contributed by atoms with E-state index in [1.807, 2.05) is 0 Å². The van der Waals surface area contributed by atoms with E-state index in [4.69, 9.17) is 4.74 Å². The number of anilines is 1. The number of hydrogen-bond acceptors (Lipinski definition) is 4. The average Bonchev–Trinajstić information content (AvgIpc) is 2.60. The van der Waals surface area contributed by atoms with E-state index in [2.05, 4.69) is 15.8 Å². The number of nitrogens with zero attached hydrogens (tertiary/aromatic N) is 1. The third-order valence-electron chi connectivity index (χ3n) is 3.19. The summed E-state index contributed by atoms with van der Waals surface area (Å²) in [5, 5.41) is 6.70. The predicted octanol–water partition coefficient (Wildman–Crippen LogP) is 2.93. The molecule has 0 aliphatic rings. The van der Waals surface area contributed by atoms with Gasteiger partial charge in [0.05, 0.1) is 19.4 Å². The van der Waals surface area contributed by atoms with Gasteiger partial charge in [-0.25, -0.2) is 14.2 Å². The molecule has 0 aliphatic carbocycles. The van der Waals surface area contributed by atoms with Gasteiger partial charge in [-0.05, 0) is 37.3 Å². The van der Waals surface area contributed by atoms with Gasteiger partial charge in [0, 0.05) is 17.3 Å². The summed E-state index contributed by atoms with van der Waals surface area (Å²) in [6.07, 6.45) is 0. The van der Waals surface area contributed by atoms with Gasteiger partial charge in [-0.15, -0.1) is 0 Å². The normalized spacial score (nSPS) is 11.1. The predicted molar refractivity (Wildman–Crippen MR) is 88.2 cm³/mol. The van der Waals surface area contributed by atoms with Gasteiger partial charge in [0.2, 0.25) is 0 Å². The van der Waals surface area contributed by atoms with Gasteiger partial charge in [-0.2, -0.15) is 5.10 Å². The minimum atomic E-state index is -0.610. The Hall–Kier alpha value is -2.96. The summed E-state index contributed by atoms with van der Waals surface area (Å²) in [4.78, 5) is 11.8. The zero-order valence-electron chi connectivity index (χ0n) is 13.3. The molecule has 2 aromatic carbocycles. The van der Waals surface area contributed by atoms with Crippen molar-refractivity contribution in [2.45, 2.75) is 6.92 Å². The summed E-state index contributed by atoms with van der Waals surface area (Å²) in [7, 11) is 1.55. The molecule has 1 amide bonds. The largest absolute Gasteiger partial charge is 0.497 e. The van der Waals surface area contributed by atoms with Gasteiger partial charge < -0.3 is 10.1 Å². The van der Waals surface area contributed by atoms with Crippen LogP contribution in [0.2, 0.25) is 0 Å². The third kappa shape index (κ3) is 4.77. The van der Waals surface area contributed by atoms with Crippen LogP contribution in [0.5, 0.6) is 5.75 Å². The molecule has 0 aromatic heterocycles. The summed E-state index contributed by atoms with van der Waals surface area (Å²) in [5.74, 6) is -0.946. The van der Waals surface area contributed by atoms with E-state index in [0.29, 0.717) is 11.4 Å². The molecule has 0 radical (unpaired) electrons. The number of methoxy groups -OCH3 is 1. The van der Waals surface area contributed by atoms with E-state index in [9.17, 15) is 13.6 Å². The number of carbonyl (C=O) groups excluding carboxylic acids is 1. The fraction of sp³-hybridized carbons (Fsp3) is 0.176. The van der Waals surface area contributed by atoms with Gasteiger partial charge >= 0.3 is 0 Å². The zero-order chi connectivity index (χ0) is 17.5. The van der Waals surface area contributed by atoms with Crippen LogP contribution in [0.3, 0.4) is 0 Å². The maximum absolute atomic E-state index is 13.6. The average molecular weight is 333 g/mol. The minimum absolute atomic E-state index is 0.00365. The fourth-order valence-corrected chi connectivity index (χ4v) is 1.94. The monoisotopic (exact) mass is 333 g/mol. The Morgan fingerprint density at radius 2 is 2.00 bits per heavy atom. The second kappa shape index (κ2) is 8.05. The Morgan fingerprint density at radius 3 is 2.75 bits per heavy atom. The van der Waals surface area contributed by atoms with Crippen LogP contribution >= 0.6 is 0 Å². The molecule has 0 bridgehead atoms. The highest BCUT2D eigenvalue weighted by Crippen LogP contribution is 2.16. The quantitative estimate of drug-likeness (QED) is 0.631. The van der Waals surface area contributed by atoms with Crippen molar-refractivity contribution in [2.75, 3.05) is 19.0 Å². The van der Waals surface area contributed by atoms with E-state index in [1.165, 1.54) is 6.92 Å². The van der Waals surface area contributed by atoms with Crippen LogP contribution in [0.4, 0.5) is 14.5 Å². The molecule has 0 fully saturated rings. The SMILES string of the molecule is COc1cccc(NCC(=O)N/N=C(/C)c2cc(F)ccc2F)c1. The number of nitrogens with one attached hydrogen (secondary N) is 2. The molecular weight excluding hydrogens is 316 g/mol. The molecule has 24 heavy (non-hydrogen) atoms. The number of ether oxygens (including phenoxy) is 1. The van der Waals surface area contributed by atoms with E-state index < -0.39 is 17.5 Å². The van der Waals surface area contributed by atoms with Crippen molar-refractivity contribution >= 4 is 17.3 Å². The number of amides is 1. The number of hydrogen-bond donors (Lipinski definition) is 2. The molecule has 0 heterocycles. The van der Waals surface area contributed by atoms with Crippen molar-refractivity contribution in [1.82, 2.24) is 5.43 Å². The topological polar surface area (TPSA) is 62.7 Å². The lowest BCUT2D eigenvalue weighted by atomic mass is 10.1. The molecule has 2 N–H and O–H groups in total. The highest BCUT2D eigenvalue weighted by atomic mass is 19.1. The van der Waals surface area contributed by atoms with Crippen LogP contribution < -0.4 is 15.5 Å². The molecular formula is C17H17F2N3O2. The number of hydrazone groups is 1. The second-order valence-electron chi connectivity index (χ2n) is 4.94. The molecule has 0 saturated carbocycles. The van der Waals surface area contributed by atoms with Crippen LogP contribution in [0.1, 0.15) is 12.5 Å². The van der Waals surface area contributed by atoms with Gasteiger partial charge in [0.15, 0.2) is 0 Å². The maximum Gasteiger partial charge on any atom is 0.259 e. The van der Waals surface area contributed by atoms with Gasteiger partial charge in [0.25, 0.3) is 5.91 Å². The summed E-state index contributed by atoms with van der Waals surface area (Å²) >= 11 is 0. The summed E-state index contributed by atoms with van der Waals surface area (Å²) in [6.45, 7) is 1.45. The molecule has 5 nitrogen and oxygen atoms in total. The Balaban J connectivity index is 1.93. The number of benzene rings is 2. The lowest BCUT2D eigenvalue weighted by Crippen LogP contribution is -2.26. The third-order valence-corrected chi connectivity index (χ3v) is 3.19. The number of halogens is 2. The lowest BCUT2D eigenvalue weighted by Gasteiger charge is -2.08. The molecule has 0 saturated heterocycles. The molecule has 7 heteroatoms. The van der Waals surface area contributed by atoms with Crippen LogP contribution in [0.25, 0.3) is 0 Å². The molecule has 0 unspecified atom stereocenters. The molecule has 0 spiro atoms. The minimum Gasteiger partial charge on any atom is -0.497 e. The van der Waals surface area contributed by atoms with Crippen LogP contribution in [0, 0.1) is 11.6 Å². The highest BCUT2D eigenvalue weighted by Gasteiger charge is 2.08. The summed E-state index contributed by atoms with van der Waals surface area (Å²) in [6, 6.07) is 10.1. The van der Waals surface area contributed by atoms with Gasteiger partial charge in [-0.3, -0.25) is 4.79 Å². The fourth-order valence-electron chi connectivity index (χ4n) is 1.94. The first kappa shape index (κ1) is 17.4. The zero-order valence-corrected chi connectivity index (χ0v) is 13.3. The number of rotatable bonds is 6. The van der Waals surface area contributed by atoms with E-state index >= 15 is 0 Å². The number of carbonyl (C=O) groups is 1. The van der Waals surface area contributed by atoms with Crippen molar-refractivity contribution in [1.29, 1.82) is 0 Å². The summed E-state index contributed by atoms with van der Waals surface area (Å²) < 4.78 is 31.8. The first-order valence-corrected chi connectivity index (χ1v) is 7.16. The van der Waals surface area contributed by atoms with Crippen LogP contribution in [-0.2, 0) is 4.79 Å². The molecule has 2 aromatic rings. The van der Waals surface area contributed by atoms with E-state index in [-0.39, 0.29) is 17.8 Å². The molecule has 2 rings (SSSR count). The van der Waals surface area contributed by atoms with E-state index in [1.54, 1.807) is 31.4 Å². The molecule has 0 aliphatic heterocycles. The van der Waals surface area contributed by atoms with Crippen LogP contribution in [-0.4, -0.2) is 25.3 Å². The van der Waals surface area contributed by atoms with Crippen molar-refractivity contribution in [2.24, 2.45) is 5.10 Å². The van der Waals surface area contributed by atoms with E-state index in [0.717, 1.165) is 18.2 Å². The summed E-state index contributed by atoms with van der Waals surface area (Å²) in [5.41, 5.74) is 3.17. The maximum atomic E-state index is 13.6. The smallest absolute Gasteiger partial charge is 0.259 e. The van der Waals surface area contributed by atoms with Gasteiger partial charge in [0.1, 0.15) is 17.4 Å². The second-order valence-corrected chi connectivity index (χ2v) is 4.94. The van der Waals surface area contributed by atoms with Crippen molar-refractivity contribution in [3.05, 3.63) is 59.7 Å². The lowest BCUT2D eigenvalue weighted by molar-refractivity contribution is -0.119. The first-order valence-electron chi connectivity index (χ1n) is 7.16. The Morgan fingerprint density at radius 1 is 1.21 bits per heavy atom. The van der Waals surface area contributed by atoms with Crippen molar-refractivity contribution in [3.63, 3.8) is 0 Å². The molecule has 0 atom stereocenters. The Kier molecular flexibility index (Phi) is 5.83. The Bertz CT molecular complexity index is 763. The van der Waals surface area contributed by atoms with Crippen LogP contribution in [0.15, 0.2) is 47.6 Å². The Labute approximate surface area is 138 Å². The molecule has 126 valence electrons.